The van der Waals surface area contributed by atoms with Crippen molar-refractivity contribution in [3.63, 3.8) is 0 Å². The molecule has 2 aromatic carbocycles. The Bertz CT molecular complexity index is 1060. The third-order valence-electron chi connectivity index (χ3n) is 4.07. The summed E-state index contributed by atoms with van der Waals surface area (Å²) in [5.74, 6) is 0. The van der Waals surface area contributed by atoms with E-state index >= 15 is 0 Å². The smallest absolute Gasteiger partial charge is 0.308 e. The van der Waals surface area contributed by atoms with Gasteiger partial charge in [-0.05, 0) is 12.1 Å². The maximum Gasteiger partial charge on any atom is 0.308 e. The first-order valence-electron chi connectivity index (χ1n) is 6.79. The maximum atomic E-state index is 12.8. The van der Waals surface area contributed by atoms with Gasteiger partial charge in [0.1, 0.15) is 12.6 Å². The number of aromatic nitrogens is 2. The molecule has 0 bridgehead atoms. The Kier molecular flexibility index (Phi) is 2.36. The molecule has 0 saturated heterocycles. The minimum Gasteiger partial charge on any atom is -0.413 e. The van der Waals surface area contributed by atoms with E-state index in [0.29, 0.717) is 5.52 Å². The number of rotatable bonds is 1. The lowest BCUT2D eigenvalue weighted by atomic mass is 10.1. The van der Waals surface area contributed by atoms with Crippen molar-refractivity contribution >= 4 is 32.7 Å². The number of aryl methyl sites for hydroxylation is 1. The molecule has 21 heavy (non-hydrogen) atoms. The Hall–Kier alpha value is -2.75. The van der Waals surface area contributed by atoms with E-state index < -0.39 is 0 Å². The molecule has 0 saturated carbocycles. The second-order valence-electron chi connectivity index (χ2n) is 5.10. The van der Waals surface area contributed by atoms with Crippen molar-refractivity contribution in [2.75, 3.05) is 7.11 Å². The van der Waals surface area contributed by atoms with Crippen molar-refractivity contribution in [3.8, 4) is 0 Å². The highest BCUT2D eigenvalue weighted by Crippen LogP contribution is 2.31. The van der Waals surface area contributed by atoms with E-state index in [-0.39, 0.29) is 5.56 Å². The SMILES string of the molecule is COn1c(=O)c2c(c3ccccc31)c1ccccc1n2C. The maximum absolute atomic E-state index is 12.8. The van der Waals surface area contributed by atoms with Gasteiger partial charge in [0.05, 0.1) is 5.52 Å². The van der Waals surface area contributed by atoms with Gasteiger partial charge in [0.15, 0.2) is 0 Å². The van der Waals surface area contributed by atoms with Crippen molar-refractivity contribution in [2.24, 2.45) is 7.05 Å². The predicted molar refractivity (Wildman–Crippen MR) is 84.7 cm³/mol. The Morgan fingerprint density at radius 2 is 1.48 bits per heavy atom. The average Bonchev–Trinajstić information content (AvgIpc) is 2.82. The summed E-state index contributed by atoms with van der Waals surface area (Å²) in [4.78, 5) is 18.1. The van der Waals surface area contributed by atoms with E-state index in [0.717, 1.165) is 27.2 Å². The van der Waals surface area contributed by atoms with Crippen LogP contribution in [0.3, 0.4) is 0 Å². The molecule has 2 aromatic heterocycles. The summed E-state index contributed by atoms with van der Waals surface area (Å²) >= 11 is 0. The highest BCUT2D eigenvalue weighted by molar-refractivity contribution is 6.19. The third kappa shape index (κ3) is 1.41. The standard InChI is InChI=1S/C17H14N2O2/c1-18-13-9-5-3-7-11(13)15-12-8-4-6-10-14(12)19(21-2)17(20)16(15)18/h3-10H,1-2H3. The van der Waals surface area contributed by atoms with E-state index in [2.05, 4.69) is 6.07 Å². The van der Waals surface area contributed by atoms with Crippen LogP contribution in [-0.2, 0) is 7.05 Å². The second kappa shape index (κ2) is 4.12. The quantitative estimate of drug-likeness (QED) is 0.537. The highest BCUT2D eigenvalue weighted by atomic mass is 16.6. The predicted octanol–water partition coefficient (Wildman–Crippen LogP) is 2.70. The van der Waals surface area contributed by atoms with Gasteiger partial charge in [-0.2, -0.15) is 0 Å². The van der Waals surface area contributed by atoms with E-state index in [1.54, 1.807) is 0 Å². The topological polar surface area (TPSA) is 36.2 Å². The first kappa shape index (κ1) is 12.0. The molecule has 4 aromatic rings. The van der Waals surface area contributed by atoms with Crippen LogP contribution < -0.4 is 10.4 Å². The summed E-state index contributed by atoms with van der Waals surface area (Å²) < 4.78 is 3.30. The summed E-state index contributed by atoms with van der Waals surface area (Å²) in [6.07, 6.45) is 0. The van der Waals surface area contributed by atoms with Crippen molar-refractivity contribution in [1.82, 2.24) is 9.30 Å². The number of benzene rings is 2. The first-order valence-corrected chi connectivity index (χ1v) is 6.79. The van der Waals surface area contributed by atoms with E-state index in [1.807, 2.05) is 54.1 Å². The molecule has 0 atom stereocenters. The fraction of sp³-hybridized carbons (Fsp3) is 0.118. The van der Waals surface area contributed by atoms with Gasteiger partial charge in [-0.15, -0.1) is 4.73 Å². The van der Waals surface area contributed by atoms with Crippen LogP contribution in [0.25, 0.3) is 32.7 Å². The molecule has 0 aliphatic carbocycles. The van der Waals surface area contributed by atoms with Gasteiger partial charge in [-0.25, -0.2) is 0 Å². The number of para-hydroxylation sites is 2. The Balaban J connectivity index is 2.47. The summed E-state index contributed by atoms with van der Waals surface area (Å²) in [6, 6.07) is 15.9. The number of pyridine rings is 1. The zero-order valence-electron chi connectivity index (χ0n) is 11.8. The lowest BCUT2D eigenvalue weighted by molar-refractivity contribution is 0.170. The fourth-order valence-corrected chi connectivity index (χ4v) is 3.17. The average molecular weight is 278 g/mol. The van der Waals surface area contributed by atoms with Crippen LogP contribution in [0.15, 0.2) is 53.3 Å². The van der Waals surface area contributed by atoms with Gasteiger partial charge in [-0.3, -0.25) is 4.79 Å². The minimum absolute atomic E-state index is 0.134. The van der Waals surface area contributed by atoms with Gasteiger partial charge in [-0.1, -0.05) is 36.4 Å². The largest absolute Gasteiger partial charge is 0.413 e. The second-order valence-corrected chi connectivity index (χ2v) is 5.10. The lowest BCUT2D eigenvalue weighted by Crippen LogP contribution is -2.26. The lowest BCUT2D eigenvalue weighted by Gasteiger charge is -2.09. The first-order chi connectivity index (χ1) is 10.2. The molecule has 0 amide bonds. The van der Waals surface area contributed by atoms with Crippen LogP contribution in [0.1, 0.15) is 0 Å². The molecule has 0 fully saturated rings. The molecule has 0 radical (unpaired) electrons. The summed E-state index contributed by atoms with van der Waals surface area (Å²) in [6.45, 7) is 0. The molecular formula is C17H14N2O2. The summed E-state index contributed by atoms with van der Waals surface area (Å²) in [7, 11) is 3.43. The third-order valence-corrected chi connectivity index (χ3v) is 4.07. The molecule has 0 aliphatic heterocycles. The van der Waals surface area contributed by atoms with Crippen molar-refractivity contribution < 1.29 is 4.84 Å². The van der Waals surface area contributed by atoms with E-state index in [9.17, 15) is 4.79 Å². The Morgan fingerprint density at radius 3 is 2.14 bits per heavy atom. The molecule has 0 spiro atoms. The molecule has 0 aliphatic rings. The molecule has 4 heteroatoms. The van der Waals surface area contributed by atoms with Crippen LogP contribution in [0.2, 0.25) is 0 Å². The van der Waals surface area contributed by atoms with Crippen LogP contribution in [0.4, 0.5) is 0 Å². The zero-order chi connectivity index (χ0) is 14.6. The van der Waals surface area contributed by atoms with Gasteiger partial charge < -0.3 is 9.40 Å². The van der Waals surface area contributed by atoms with Crippen LogP contribution in [0, 0.1) is 0 Å². The number of nitrogens with zero attached hydrogens (tertiary/aromatic N) is 2. The molecule has 0 N–H and O–H groups in total. The number of fused-ring (bicyclic) bond motifs is 5. The van der Waals surface area contributed by atoms with Crippen molar-refractivity contribution in [3.05, 3.63) is 58.9 Å². The van der Waals surface area contributed by atoms with Crippen molar-refractivity contribution in [1.29, 1.82) is 0 Å². The van der Waals surface area contributed by atoms with Gasteiger partial charge in [0.25, 0.3) is 0 Å². The van der Waals surface area contributed by atoms with Crippen molar-refractivity contribution in [2.45, 2.75) is 0 Å². The monoisotopic (exact) mass is 278 g/mol. The van der Waals surface area contributed by atoms with Gasteiger partial charge in [0, 0.05) is 28.7 Å². The number of hydrogen-bond acceptors (Lipinski definition) is 2. The summed E-state index contributed by atoms with van der Waals surface area (Å²) in [5.41, 5.74) is 2.36. The minimum atomic E-state index is -0.134. The van der Waals surface area contributed by atoms with Gasteiger partial charge in [0.2, 0.25) is 0 Å². The Labute approximate surface area is 120 Å². The summed E-state index contributed by atoms with van der Waals surface area (Å²) in [5, 5.41) is 3.10. The molecule has 4 rings (SSSR count). The number of hydrogen-bond donors (Lipinski definition) is 0. The highest BCUT2D eigenvalue weighted by Gasteiger charge is 2.17. The van der Waals surface area contributed by atoms with Gasteiger partial charge >= 0.3 is 5.56 Å². The zero-order valence-corrected chi connectivity index (χ0v) is 11.8. The van der Waals surface area contributed by atoms with Crippen LogP contribution in [-0.4, -0.2) is 16.4 Å². The van der Waals surface area contributed by atoms with E-state index in [4.69, 9.17) is 4.84 Å². The van der Waals surface area contributed by atoms with Crippen LogP contribution >= 0.6 is 0 Å². The molecule has 4 nitrogen and oxygen atoms in total. The fourth-order valence-electron chi connectivity index (χ4n) is 3.17. The van der Waals surface area contributed by atoms with Crippen LogP contribution in [0.5, 0.6) is 0 Å². The molecule has 104 valence electrons. The molecule has 2 heterocycles. The molecular weight excluding hydrogens is 264 g/mol. The normalized spacial score (nSPS) is 11.5. The Morgan fingerprint density at radius 1 is 0.905 bits per heavy atom. The molecule has 0 unspecified atom stereocenters. The van der Waals surface area contributed by atoms with E-state index in [1.165, 1.54) is 11.8 Å².